The molecule has 0 saturated heterocycles. The fraction of sp³-hybridized carbons (Fsp3) is 0.222. The van der Waals surface area contributed by atoms with Crippen LogP contribution in [0, 0.1) is 0 Å². The normalized spacial score (nSPS) is 12.8. The first kappa shape index (κ1) is 18.8. The number of ether oxygens (including phenoxy) is 1. The molecule has 0 fully saturated rings. The summed E-state index contributed by atoms with van der Waals surface area (Å²) in [5.74, 6) is -1.38. The third-order valence-corrected chi connectivity index (χ3v) is 3.84. The molecular weight excluding hydrogens is 344 g/mol. The molecule has 0 aliphatic heterocycles. The summed E-state index contributed by atoms with van der Waals surface area (Å²) in [5.41, 5.74) is -0.387. The van der Waals surface area contributed by atoms with Crippen LogP contribution in [-0.2, 0) is 15.2 Å². The summed E-state index contributed by atoms with van der Waals surface area (Å²) in [6.45, 7) is 1.44. The van der Waals surface area contributed by atoms with E-state index < -0.39 is 17.4 Å². The molecule has 0 saturated carbocycles. The molecule has 2 aromatic carbocycles. The van der Waals surface area contributed by atoms with E-state index in [2.05, 4.69) is 10.6 Å². The Balaban J connectivity index is 1.99. The summed E-state index contributed by atoms with van der Waals surface area (Å²) in [4.78, 5) is 24.0. The van der Waals surface area contributed by atoms with Crippen LogP contribution in [0.5, 0.6) is 5.75 Å². The highest BCUT2D eigenvalue weighted by atomic mass is 35.5. The maximum Gasteiger partial charge on any atom is 0.313 e. The highest BCUT2D eigenvalue weighted by molar-refractivity contribution is 6.40. The van der Waals surface area contributed by atoms with Crippen LogP contribution in [0.4, 0.5) is 5.69 Å². The number of benzene rings is 2. The second kappa shape index (κ2) is 8.00. The third kappa shape index (κ3) is 4.95. The van der Waals surface area contributed by atoms with Crippen molar-refractivity contribution >= 4 is 29.1 Å². The van der Waals surface area contributed by atoms with Crippen molar-refractivity contribution in [1.29, 1.82) is 0 Å². The van der Waals surface area contributed by atoms with Gasteiger partial charge in [-0.15, -0.1) is 0 Å². The van der Waals surface area contributed by atoms with Crippen molar-refractivity contribution in [3.63, 3.8) is 0 Å². The first-order chi connectivity index (χ1) is 11.8. The lowest BCUT2D eigenvalue weighted by atomic mass is 9.96. The number of amides is 2. The predicted molar refractivity (Wildman–Crippen MR) is 95.7 cm³/mol. The summed E-state index contributed by atoms with van der Waals surface area (Å²) >= 11 is 5.89. The molecule has 0 aliphatic carbocycles. The maximum atomic E-state index is 12.0. The number of carbonyl (C=O) groups excluding carboxylic acids is 2. The van der Waals surface area contributed by atoms with Gasteiger partial charge in [0.25, 0.3) is 0 Å². The van der Waals surface area contributed by atoms with Gasteiger partial charge in [0.1, 0.15) is 11.4 Å². The smallest absolute Gasteiger partial charge is 0.313 e. The van der Waals surface area contributed by atoms with Gasteiger partial charge in [0.05, 0.1) is 19.3 Å². The Kier molecular flexibility index (Phi) is 6.01. The van der Waals surface area contributed by atoms with Gasteiger partial charge in [-0.2, -0.15) is 0 Å². The van der Waals surface area contributed by atoms with E-state index in [1.54, 1.807) is 43.3 Å². The fourth-order valence-corrected chi connectivity index (χ4v) is 2.36. The highest BCUT2D eigenvalue weighted by Gasteiger charge is 2.25. The van der Waals surface area contributed by atoms with Crippen LogP contribution in [0.1, 0.15) is 12.5 Å². The molecule has 1 atom stereocenters. The number of methoxy groups -OCH3 is 1. The van der Waals surface area contributed by atoms with Crippen LogP contribution in [0.15, 0.2) is 48.5 Å². The molecule has 0 bridgehead atoms. The van der Waals surface area contributed by atoms with Gasteiger partial charge in [0.15, 0.2) is 0 Å². The molecule has 6 nitrogen and oxygen atoms in total. The van der Waals surface area contributed by atoms with Crippen LogP contribution in [0.2, 0.25) is 5.02 Å². The average Bonchev–Trinajstić information content (AvgIpc) is 2.60. The SMILES string of the molecule is COc1ccc(Cl)cc1NC(=O)C(=O)NCC(C)(O)c1ccccc1. The fourth-order valence-electron chi connectivity index (χ4n) is 2.19. The van der Waals surface area contributed by atoms with E-state index in [0.717, 1.165) is 0 Å². The van der Waals surface area contributed by atoms with Crippen molar-refractivity contribution in [2.75, 3.05) is 19.0 Å². The van der Waals surface area contributed by atoms with Crippen LogP contribution in [0.3, 0.4) is 0 Å². The van der Waals surface area contributed by atoms with E-state index >= 15 is 0 Å². The molecule has 3 N–H and O–H groups in total. The number of halogens is 1. The number of rotatable bonds is 5. The molecule has 2 aromatic rings. The predicted octanol–water partition coefficient (Wildman–Crippen LogP) is 2.31. The second-order valence-corrected chi connectivity index (χ2v) is 6.06. The minimum absolute atomic E-state index is 0.115. The first-order valence-electron chi connectivity index (χ1n) is 7.54. The zero-order chi connectivity index (χ0) is 18.4. The molecule has 25 heavy (non-hydrogen) atoms. The Hall–Kier alpha value is -2.57. The van der Waals surface area contributed by atoms with Gasteiger partial charge >= 0.3 is 11.8 Å². The Morgan fingerprint density at radius 3 is 2.48 bits per heavy atom. The van der Waals surface area contributed by atoms with Gasteiger partial charge < -0.3 is 20.5 Å². The molecule has 0 heterocycles. The quantitative estimate of drug-likeness (QED) is 0.712. The molecule has 2 rings (SSSR count). The van der Waals surface area contributed by atoms with Gasteiger partial charge in [0, 0.05) is 5.02 Å². The van der Waals surface area contributed by atoms with Gasteiger partial charge in [-0.05, 0) is 30.7 Å². The number of hydrogen-bond acceptors (Lipinski definition) is 4. The number of nitrogens with one attached hydrogen (secondary N) is 2. The molecule has 2 amide bonds. The molecule has 0 spiro atoms. The summed E-state index contributed by atoms with van der Waals surface area (Å²) < 4.78 is 5.11. The summed E-state index contributed by atoms with van der Waals surface area (Å²) in [5, 5.41) is 15.7. The summed E-state index contributed by atoms with van der Waals surface area (Å²) in [6.07, 6.45) is 0. The monoisotopic (exact) mass is 362 g/mol. The van der Waals surface area contributed by atoms with E-state index in [-0.39, 0.29) is 12.2 Å². The standard InChI is InChI=1S/C18H19ClN2O4/c1-18(24,12-6-4-3-5-7-12)11-20-16(22)17(23)21-14-10-13(19)8-9-15(14)25-2/h3-10,24H,11H2,1-2H3,(H,20,22)(H,21,23). The third-order valence-electron chi connectivity index (χ3n) is 3.60. The van der Waals surface area contributed by atoms with E-state index in [1.165, 1.54) is 13.2 Å². The van der Waals surface area contributed by atoms with Gasteiger partial charge in [-0.3, -0.25) is 9.59 Å². The molecule has 0 aliphatic rings. The van der Waals surface area contributed by atoms with E-state index in [9.17, 15) is 14.7 Å². The van der Waals surface area contributed by atoms with Crippen molar-refractivity contribution in [2.24, 2.45) is 0 Å². The van der Waals surface area contributed by atoms with E-state index in [4.69, 9.17) is 16.3 Å². The van der Waals surface area contributed by atoms with Crippen LogP contribution < -0.4 is 15.4 Å². The van der Waals surface area contributed by atoms with Crippen molar-refractivity contribution in [3.8, 4) is 5.75 Å². The Morgan fingerprint density at radius 2 is 1.84 bits per heavy atom. The highest BCUT2D eigenvalue weighted by Crippen LogP contribution is 2.27. The largest absolute Gasteiger partial charge is 0.495 e. The summed E-state index contributed by atoms with van der Waals surface area (Å²) in [7, 11) is 1.44. The minimum atomic E-state index is -1.30. The van der Waals surface area contributed by atoms with Crippen LogP contribution in [0.25, 0.3) is 0 Å². The molecule has 7 heteroatoms. The second-order valence-electron chi connectivity index (χ2n) is 5.62. The van der Waals surface area contributed by atoms with Crippen molar-refractivity contribution in [1.82, 2.24) is 5.32 Å². The lowest BCUT2D eigenvalue weighted by molar-refractivity contribution is -0.136. The zero-order valence-electron chi connectivity index (χ0n) is 13.9. The van der Waals surface area contributed by atoms with Gasteiger partial charge in [-0.25, -0.2) is 0 Å². The lowest BCUT2D eigenvalue weighted by Gasteiger charge is -2.24. The van der Waals surface area contributed by atoms with Crippen molar-refractivity contribution in [3.05, 3.63) is 59.1 Å². The van der Waals surface area contributed by atoms with Gasteiger partial charge in [0.2, 0.25) is 0 Å². The minimum Gasteiger partial charge on any atom is -0.495 e. The molecule has 0 aromatic heterocycles. The van der Waals surface area contributed by atoms with Crippen LogP contribution >= 0.6 is 11.6 Å². The Bertz CT molecular complexity index is 763. The molecule has 132 valence electrons. The molecule has 1 unspecified atom stereocenters. The first-order valence-corrected chi connectivity index (χ1v) is 7.92. The number of hydrogen-bond donors (Lipinski definition) is 3. The average molecular weight is 363 g/mol. The van der Waals surface area contributed by atoms with Crippen molar-refractivity contribution < 1.29 is 19.4 Å². The van der Waals surface area contributed by atoms with Gasteiger partial charge in [-0.1, -0.05) is 41.9 Å². The number of anilines is 1. The Labute approximate surface area is 150 Å². The molecular formula is C18H19ClN2O4. The van der Waals surface area contributed by atoms with E-state index in [0.29, 0.717) is 16.3 Å². The van der Waals surface area contributed by atoms with Crippen molar-refractivity contribution in [2.45, 2.75) is 12.5 Å². The number of carbonyl (C=O) groups is 2. The Morgan fingerprint density at radius 1 is 1.16 bits per heavy atom. The summed E-state index contributed by atoms with van der Waals surface area (Å²) in [6, 6.07) is 13.5. The maximum absolute atomic E-state index is 12.0. The topological polar surface area (TPSA) is 87.7 Å². The zero-order valence-corrected chi connectivity index (χ0v) is 14.6. The van der Waals surface area contributed by atoms with Crippen LogP contribution in [-0.4, -0.2) is 30.6 Å². The number of aliphatic hydroxyl groups is 1. The lowest BCUT2D eigenvalue weighted by Crippen LogP contribution is -2.43. The van der Waals surface area contributed by atoms with E-state index in [1.807, 2.05) is 6.07 Å². The molecule has 0 radical (unpaired) electrons.